The molecule has 0 saturated carbocycles. The number of hydrogen-bond donors (Lipinski definition) is 2. The predicted octanol–water partition coefficient (Wildman–Crippen LogP) is 3.27. The lowest BCUT2D eigenvalue weighted by Crippen LogP contribution is -2.41. The zero-order valence-corrected chi connectivity index (χ0v) is 15.6. The molecule has 4 heteroatoms. The summed E-state index contributed by atoms with van der Waals surface area (Å²) in [7, 11) is -3.11. The molecule has 3 aromatic rings. The molecule has 0 aliphatic heterocycles. The standard InChI is InChI=1S/C22H23O3P/c1-22(24,18-11-5-2-6-12-18)21(23)17-26(25,19-13-7-3-8-14-19)20-15-9-4-10-16-20/h2-16,21,23-24H,17H2,1H3/t21-,22-/m1/s1. The van der Waals surface area contributed by atoms with E-state index in [9.17, 15) is 14.8 Å². The molecule has 3 rings (SSSR count). The van der Waals surface area contributed by atoms with Crippen LogP contribution in [-0.4, -0.2) is 22.5 Å². The summed E-state index contributed by atoms with van der Waals surface area (Å²) in [5.41, 5.74) is -0.902. The van der Waals surface area contributed by atoms with Crippen molar-refractivity contribution >= 4 is 17.8 Å². The smallest absolute Gasteiger partial charge is 0.145 e. The average Bonchev–Trinajstić information content (AvgIpc) is 2.70. The number of hydrogen-bond acceptors (Lipinski definition) is 3. The molecule has 26 heavy (non-hydrogen) atoms. The monoisotopic (exact) mass is 366 g/mol. The molecule has 0 aromatic heterocycles. The Morgan fingerprint density at radius 1 is 0.808 bits per heavy atom. The third kappa shape index (κ3) is 3.66. The number of benzene rings is 3. The maximum atomic E-state index is 14.0. The Balaban J connectivity index is 2.01. The maximum absolute atomic E-state index is 14.0. The third-order valence-electron chi connectivity index (χ3n) is 4.78. The average molecular weight is 366 g/mol. The molecule has 0 aliphatic carbocycles. The molecular formula is C22H23O3P. The Kier molecular flexibility index (Phi) is 5.43. The zero-order chi connectivity index (χ0) is 18.6. The van der Waals surface area contributed by atoms with Gasteiger partial charge in [-0.15, -0.1) is 0 Å². The normalized spacial score (nSPS) is 15.2. The van der Waals surface area contributed by atoms with Gasteiger partial charge in [0.2, 0.25) is 0 Å². The van der Waals surface area contributed by atoms with Crippen LogP contribution in [0.25, 0.3) is 0 Å². The van der Waals surface area contributed by atoms with E-state index in [0.29, 0.717) is 16.2 Å². The highest BCUT2D eigenvalue weighted by Gasteiger charge is 2.39. The highest BCUT2D eigenvalue weighted by Crippen LogP contribution is 2.46. The molecule has 134 valence electrons. The van der Waals surface area contributed by atoms with E-state index in [1.54, 1.807) is 19.1 Å². The second kappa shape index (κ2) is 7.59. The first kappa shape index (κ1) is 18.6. The second-order valence-corrected chi connectivity index (χ2v) is 9.50. The summed E-state index contributed by atoms with van der Waals surface area (Å²) in [5.74, 6) is 0. The third-order valence-corrected chi connectivity index (χ3v) is 7.91. The molecule has 3 aromatic carbocycles. The van der Waals surface area contributed by atoms with Crippen LogP contribution >= 0.6 is 7.14 Å². The summed E-state index contributed by atoms with van der Waals surface area (Å²) in [6.45, 7) is 1.56. The number of aliphatic hydroxyl groups is 2. The summed E-state index contributed by atoms with van der Waals surface area (Å²) in [6, 6.07) is 27.4. The van der Waals surface area contributed by atoms with E-state index >= 15 is 0 Å². The summed E-state index contributed by atoms with van der Waals surface area (Å²) < 4.78 is 14.0. The summed E-state index contributed by atoms with van der Waals surface area (Å²) >= 11 is 0. The Morgan fingerprint density at radius 2 is 1.19 bits per heavy atom. The van der Waals surface area contributed by atoms with Crippen molar-refractivity contribution in [1.82, 2.24) is 0 Å². The van der Waals surface area contributed by atoms with Gasteiger partial charge in [-0.25, -0.2) is 0 Å². The van der Waals surface area contributed by atoms with E-state index in [-0.39, 0.29) is 6.16 Å². The fraction of sp³-hybridized carbons (Fsp3) is 0.182. The molecule has 0 fully saturated rings. The van der Waals surface area contributed by atoms with Crippen molar-refractivity contribution in [3.05, 3.63) is 96.6 Å². The molecule has 0 heterocycles. The van der Waals surface area contributed by atoms with Crippen LogP contribution in [0.4, 0.5) is 0 Å². The van der Waals surface area contributed by atoms with Gasteiger partial charge < -0.3 is 14.8 Å². The van der Waals surface area contributed by atoms with Gasteiger partial charge in [0.05, 0.1) is 6.10 Å². The quantitative estimate of drug-likeness (QED) is 0.659. The molecule has 2 atom stereocenters. The highest BCUT2D eigenvalue weighted by molar-refractivity contribution is 7.78. The van der Waals surface area contributed by atoms with Gasteiger partial charge in [-0.3, -0.25) is 0 Å². The van der Waals surface area contributed by atoms with Crippen molar-refractivity contribution < 1.29 is 14.8 Å². The van der Waals surface area contributed by atoms with Crippen LogP contribution in [0, 0.1) is 0 Å². The molecule has 0 unspecified atom stereocenters. The van der Waals surface area contributed by atoms with Crippen molar-refractivity contribution in [2.75, 3.05) is 6.16 Å². The Morgan fingerprint density at radius 3 is 1.62 bits per heavy atom. The molecule has 0 saturated heterocycles. The van der Waals surface area contributed by atoms with Crippen LogP contribution in [0.1, 0.15) is 12.5 Å². The fourth-order valence-electron chi connectivity index (χ4n) is 3.09. The van der Waals surface area contributed by atoms with E-state index in [0.717, 1.165) is 0 Å². The number of rotatable bonds is 6. The Bertz CT molecular complexity index is 834. The van der Waals surface area contributed by atoms with Gasteiger partial charge in [0.1, 0.15) is 12.7 Å². The molecule has 0 radical (unpaired) electrons. The van der Waals surface area contributed by atoms with Crippen LogP contribution in [0.15, 0.2) is 91.0 Å². The minimum Gasteiger partial charge on any atom is -0.389 e. The lowest BCUT2D eigenvalue weighted by Gasteiger charge is -2.32. The van der Waals surface area contributed by atoms with Crippen molar-refractivity contribution in [3.8, 4) is 0 Å². The highest BCUT2D eigenvalue weighted by atomic mass is 31.2. The lowest BCUT2D eigenvalue weighted by atomic mass is 9.91. The molecule has 2 N–H and O–H groups in total. The topological polar surface area (TPSA) is 57.5 Å². The summed E-state index contributed by atoms with van der Waals surface area (Å²) in [6.07, 6.45) is -1.22. The molecule has 0 spiro atoms. The van der Waals surface area contributed by atoms with Crippen molar-refractivity contribution in [2.24, 2.45) is 0 Å². The van der Waals surface area contributed by atoms with E-state index in [2.05, 4.69) is 0 Å². The van der Waals surface area contributed by atoms with Crippen molar-refractivity contribution in [2.45, 2.75) is 18.6 Å². The van der Waals surface area contributed by atoms with E-state index in [1.165, 1.54) is 0 Å². The zero-order valence-electron chi connectivity index (χ0n) is 14.7. The second-order valence-electron chi connectivity index (χ2n) is 6.62. The molecule has 0 aliphatic rings. The van der Waals surface area contributed by atoms with Crippen molar-refractivity contribution in [3.63, 3.8) is 0 Å². The molecule has 0 amide bonds. The first-order valence-electron chi connectivity index (χ1n) is 8.61. The van der Waals surface area contributed by atoms with Crippen LogP contribution in [-0.2, 0) is 10.2 Å². The van der Waals surface area contributed by atoms with Crippen LogP contribution < -0.4 is 10.6 Å². The van der Waals surface area contributed by atoms with Gasteiger partial charge in [-0.2, -0.15) is 0 Å². The molecular weight excluding hydrogens is 343 g/mol. The molecule has 3 nitrogen and oxygen atoms in total. The predicted molar refractivity (Wildman–Crippen MR) is 107 cm³/mol. The van der Waals surface area contributed by atoms with Crippen LogP contribution in [0.3, 0.4) is 0 Å². The largest absolute Gasteiger partial charge is 0.389 e. The fourth-order valence-corrected chi connectivity index (χ4v) is 5.96. The maximum Gasteiger partial charge on any atom is 0.145 e. The van der Waals surface area contributed by atoms with Gasteiger partial charge in [0.15, 0.2) is 0 Å². The number of aliphatic hydroxyl groups excluding tert-OH is 1. The van der Waals surface area contributed by atoms with Crippen LogP contribution in [0.2, 0.25) is 0 Å². The van der Waals surface area contributed by atoms with E-state index in [1.807, 2.05) is 78.9 Å². The van der Waals surface area contributed by atoms with Crippen LogP contribution in [0.5, 0.6) is 0 Å². The SMILES string of the molecule is C[C@@](O)(c1ccccc1)[C@H](O)CP(=O)(c1ccccc1)c1ccccc1. The minimum atomic E-state index is -3.11. The lowest BCUT2D eigenvalue weighted by molar-refractivity contribution is -0.0552. The summed E-state index contributed by atoms with van der Waals surface area (Å²) in [4.78, 5) is 0. The van der Waals surface area contributed by atoms with E-state index < -0.39 is 18.8 Å². The van der Waals surface area contributed by atoms with Gasteiger partial charge in [0, 0.05) is 16.8 Å². The Hall–Kier alpha value is -2.19. The first-order chi connectivity index (χ1) is 12.4. The minimum absolute atomic E-state index is 0.0388. The van der Waals surface area contributed by atoms with Crippen molar-refractivity contribution in [1.29, 1.82) is 0 Å². The first-order valence-corrected chi connectivity index (χ1v) is 10.5. The van der Waals surface area contributed by atoms with Gasteiger partial charge in [0.25, 0.3) is 0 Å². The van der Waals surface area contributed by atoms with E-state index in [4.69, 9.17) is 0 Å². The van der Waals surface area contributed by atoms with Gasteiger partial charge >= 0.3 is 0 Å². The summed E-state index contributed by atoms with van der Waals surface area (Å²) in [5, 5.41) is 23.2. The van der Waals surface area contributed by atoms with Gasteiger partial charge in [-0.1, -0.05) is 91.0 Å². The Labute approximate surface area is 154 Å². The molecule has 0 bridgehead atoms. The van der Waals surface area contributed by atoms with Gasteiger partial charge in [-0.05, 0) is 12.5 Å².